The van der Waals surface area contributed by atoms with Crippen molar-refractivity contribution in [2.75, 3.05) is 6.61 Å². The number of esters is 1. The van der Waals surface area contributed by atoms with E-state index in [9.17, 15) is 9.59 Å². The van der Waals surface area contributed by atoms with Crippen LogP contribution < -0.4 is 5.32 Å². The van der Waals surface area contributed by atoms with E-state index in [-0.39, 0.29) is 11.9 Å². The van der Waals surface area contributed by atoms with Gasteiger partial charge in [-0.1, -0.05) is 24.3 Å². The van der Waals surface area contributed by atoms with E-state index in [2.05, 4.69) is 5.32 Å². The molecule has 0 aliphatic heterocycles. The summed E-state index contributed by atoms with van der Waals surface area (Å²) in [5.41, 5.74) is 5.67. The lowest BCUT2D eigenvalue weighted by atomic mass is 10.1. The lowest BCUT2D eigenvalue weighted by Crippen LogP contribution is -2.23. The van der Waals surface area contributed by atoms with Crippen LogP contribution >= 0.6 is 0 Å². The van der Waals surface area contributed by atoms with Gasteiger partial charge in [-0.2, -0.15) is 0 Å². The Balaban J connectivity index is 2.01. The number of rotatable bonds is 7. The number of ether oxygens (including phenoxy) is 1. The predicted octanol–water partition coefficient (Wildman–Crippen LogP) is 3.38. The fourth-order valence-electron chi connectivity index (χ4n) is 3.22. The minimum atomic E-state index is -0.298. The number of carbonyl (C=O) groups excluding carboxylic acids is 2. The highest BCUT2D eigenvalue weighted by Gasteiger charge is 2.22. The van der Waals surface area contributed by atoms with Crippen LogP contribution in [-0.4, -0.2) is 23.1 Å². The van der Waals surface area contributed by atoms with E-state index in [1.165, 1.54) is 5.56 Å². The lowest BCUT2D eigenvalue weighted by molar-refractivity contribution is -0.121. The number of carbonyl (C=O) groups is 2. The molecule has 1 aromatic carbocycles. The molecule has 0 aliphatic rings. The Morgan fingerprint density at radius 1 is 1.15 bits per heavy atom. The van der Waals surface area contributed by atoms with Crippen molar-refractivity contribution in [2.45, 2.75) is 47.1 Å². The predicted molar refractivity (Wildman–Crippen MR) is 102 cm³/mol. The Hall–Kier alpha value is -2.56. The zero-order chi connectivity index (χ0) is 19.3. The average molecular weight is 356 g/mol. The highest BCUT2D eigenvalue weighted by Crippen LogP contribution is 2.23. The van der Waals surface area contributed by atoms with Crippen LogP contribution in [-0.2, 0) is 29.5 Å². The van der Waals surface area contributed by atoms with Gasteiger partial charge in [0.2, 0.25) is 5.91 Å². The van der Waals surface area contributed by atoms with Crippen molar-refractivity contribution in [1.29, 1.82) is 0 Å². The van der Waals surface area contributed by atoms with Crippen LogP contribution in [0.4, 0.5) is 0 Å². The van der Waals surface area contributed by atoms with Crippen LogP contribution in [0.1, 0.15) is 51.8 Å². The molecule has 0 radical (unpaired) electrons. The molecule has 1 aromatic heterocycles. The fourth-order valence-corrected chi connectivity index (χ4v) is 3.22. The molecular formula is C21H28N2O3. The maximum atomic E-state index is 12.2. The van der Waals surface area contributed by atoms with Gasteiger partial charge in [-0.3, -0.25) is 4.79 Å². The summed E-state index contributed by atoms with van der Waals surface area (Å²) < 4.78 is 7.13. The van der Waals surface area contributed by atoms with Gasteiger partial charge in [0.15, 0.2) is 0 Å². The maximum Gasteiger partial charge on any atom is 0.340 e. The summed E-state index contributed by atoms with van der Waals surface area (Å²) in [5, 5.41) is 2.97. The Kier molecular flexibility index (Phi) is 6.61. The minimum Gasteiger partial charge on any atom is -0.462 e. The first-order valence-corrected chi connectivity index (χ1v) is 8.99. The monoisotopic (exact) mass is 356 g/mol. The summed E-state index contributed by atoms with van der Waals surface area (Å²) in [6, 6.07) is 8.02. The van der Waals surface area contributed by atoms with E-state index >= 15 is 0 Å². The molecule has 0 unspecified atom stereocenters. The van der Waals surface area contributed by atoms with E-state index in [4.69, 9.17) is 4.74 Å². The van der Waals surface area contributed by atoms with Crippen LogP contribution in [0.25, 0.3) is 0 Å². The molecular weight excluding hydrogens is 328 g/mol. The maximum absolute atomic E-state index is 12.2. The molecule has 0 spiro atoms. The van der Waals surface area contributed by atoms with Crippen molar-refractivity contribution < 1.29 is 14.3 Å². The zero-order valence-corrected chi connectivity index (χ0v) is 16.3. The summed E-state index contributed by atoms with van der Waals surface area (Å²) in [6.45, 7) is 8.54. The molecule has 1 amide bonds. The number of amides is 1. The van der Waals surface area contributed by atoms with Gasteiger partial charge in [0, 0.05) is 31.4 Å². The molecule has 0 saturated heterocycles. The molecule has 5 heteroatoms. The third kappa shape index (κ3) is 4.34. The van der Waals surface area contributed by atoms with E-state index < -0.39 is 0 Å². The highest BCUT2D eigenvalue weighted by atomic mass is 16.5. The summed E-state index contributed by atoms with van der Waals surface area (Å²) in [5.74, 6) is -0.294. The second kappa shape index (κ2) is 8.70. The van der Waals surface area contributed by atoms with Crippen molar-refractivity contribution in [1.82, 2.24) is 9.88 Å². The normalized spacial score (nSPS) is 10.7. The van der Waals surface area contributed by atoms with Gasteiger partial charge in [-0.15, -0.1) is 0 Å². The molecule has 26 heavy (non-hydrogen) atoms. The summed E-state index contributed by atoms with van der Waals surface area (Å²) in [4.78, 5) is 24.4. The highest BCUT2D eigenvalue weighted by molar-refractivity contribution is 5.93. The van der Waals surface area contributed by atoms with Gasteiger partial charge < -0.3 is 14.6 Å². The first-order valence-electron chi connectivity index (χ1n) is 8.99. The molecule has 2 rings (SSSR count). The number of hydrogen-bond acceptors (Lipinski definition) is 3. The van der Waals surface area contributed by atoms with Gasteiger partial charge in [-0.05, 0) is 50.8 Å². The van der Waals surface area contributed by atoms with Crippen LogP contribution in [0.3, 0.4) is 0 Å². The van der Waals surface area contributed by atoms with Crippen molar-refractivity contribution in [2.24, 2.45) is 7.05 Å². The van der Waals surface area contributed by atoms with E-state index in [0.717, 1.165) is 22.5 Å². The summed E-state index contributed by atoms with van der Waals surface area (Å²) >= 11 is 0. The van der Waals surface area contributed by atoms with Crippen molar-refractivity contribution in [3.8, 4) is 0 Å². The van der Waals surface area contributed by atoms with Gasteiger partial charge in [0.1, 0.15) is 0 Å². The fraction of sp³-hybridized carbons (Fsp3) is 0.429. The third-order valence-corrected chi connectivity index (χ3v) is 4.88. The molecule has 5 nitrogen and oxygen atoms in total. The van der Waals surface area contributed by atoms with Gasteiger partial charge >= 0.3 is 5.97 Å². The van der Waals surface area contributed by atoms with Crippen molar-refractivity contribution in [3.05, 3.63) is 57.9 Å². The van der Waals surface area contributed by atoms with Crippen LogP contribution in [0.15, 0.2) is 24.3 Å². The average Bonchev–Trinajstić information content (AvgIpc) is 2.82. The smallest absolute Gasteiger partial charge is 0.340 e. The standard InChI is InChI=1S/C21H28N2O3/c1-6-26-21(25)20-15(3)18(23(5)16(20)4)11-12-19(24)22-13-17-10-8-7-9-14(17)2/h7-10H,6,11-13H2,1-5H3,(H,22,24). The number of nitrogens with one attached hydrogen (secondary N) is 1. The quantitative estimate of drug-likeness (QED) is 0.774. The summed E-state index contributed by atoms with van der Waals surface area (Å²) in [7, 11) is 1.92. The van der Waals surface area contributed by atoms with Gasteiger partial charge in [-0.25, -0.2) is 4.79 Å². The number of hydrogen-bond donors (Lipinski definition) is 1. The molecule has 0 saturated carbocycles. The molecule has 2 aromatic rings. The molecule has 1 heterocycles. The summed E-state index contributed by atoms with van der Waals surface area (Å²) in [6.07, 6.45) is 0.967. The van der Waals surface area contributed by atoms with E-state index in [1.807, 2.05) is 56.7 Å². The Morgan fingerprint density at radius 3 is 2.50 bits per heavy atom. The number of nitrogens with zero attached hydrogens (tertiary/aromatic N) is 1. The lowest BCUT2D eigenvalue weighted by Gasteiger charge is -2.09. The van der Waals surface area contributed by atoms with Gasteiger partial charge in [0.25, 0.3) is 0 Å². The van der Waals surface area contributed by atoms with E-state index in [1.54, 1.807) is 6.92 Å². The first kappa shape index (κ1) is 19.8. The largest absolute Gasteiger partial charge is 0.462 e. The van der Waals surface area contributed by atoms with Crippen LogP contribution in [0, 0.1) is 20.8 Å². The molecule has 0 fully saturated rings. The van der Waals surface area contributed by atoms with Crippen LogP contribution in [0.2, 0.25) is 0 Å². The SMILES string of the molecule is CCOC(=O)c1c(C)c(CCC(=O)NCc2ccccc2C)n(C)c1C. The Bertz CT molecular complexity index is 806. The number of benzene rings is 1. The molecule has 0 atom stereocenters. The van der Waals surface area contributed by atoms with Crippen molar-refractivity contribution in [3.63, 3.8) is 0 Å². The van der Waals surface area contributed by atoms with E-state index in [0.29, 0.717) is 31.6 Å². The molecule has 0 bridgehead atoms. The van der Waals surface area contributed by atoms with Crippen LogP contribution in [0.5, 0.6) is 0 Å². The first-order chi connectivity index (χ1) is 12.4. The van der Waals surface area contributed by atoms with Gasteiger partial charge in [0.05, 0.1) is 12.2 Å². The van der Waals surface area contributed by atoms with Crippen molar-refractivity contribution >= 4 is 11.9 Å². The third-order valence-electron chi connectivity index (χ3n) is 4.88. The minimum absolute atomic E-state index is 0.00388. The molecule has 0 aliphatic carbocycles. The number of aromatic nitrogens is 1. The second-order valence-electron chi connectivity index (χ2n) is 6.51. The molecule has 140 valence electrons. The Labute approximate surface area is 155 Å². The number of aryl methyl sites for hydroxylation is 1. The zero-order valence-electron chi connectivity index (χ0n) is 16.3. The topological polar surface area (TPSA) is 60.3 Å². The Morgan fingerprint density at radius 2 is 1.85 bits per heavy atom. The molecule has 1 N–H and O–H groups in total. The second-order valence-corrected chi connectivity index (χ2v) is 6.51.